The van der Waals surface area contributed by atoms with Gasteiger partial charge in [-0.2, -0.15) is 0 Å². The predicted octanol–water partition coefficient (Wildman–Crippen LogP) is 5.94. The van der Waals surface area contributed by atoms with Crippen LogP contribution in [0.5, 0.6) is 11.5 Å². The lowest BCUT2D eigenvalue weighted by atomic mass is 9.94. The van der Waals surface area contributed by atoms with Crippen LogP contribution in [0.25, 0.3) is 22.3 Å². The predicted molar refractivity (Wildman–Crippen MR) is 139 cm³/mol. The number of aliphatic hydroxyl groups is 1. The van der Waals surface area contributed by atoms with Crippen molar-refractivity contribution in [2.24, 2.45) is 0 Å². The van der Waals surface area contributed by atoms with Crippen molar-refractivity contribution in [3.63, 3.8) is 0 Å². The second-order valence-electron chi connectivity index (χ2n) is 9.04. The quantitative estimate of drug-likeness (QED) is 0.184. The van der Waals surface area contributed by atoms with Crippen LogP contribution in [0.2, 0.25) is 0 Å². The monoisotopic (exact) mass is 484 g/mol. The van der Waals surface area contributed by atoms with E-state index in [-0.39, 0.29) is 28.4 Å². The van der Waals surface area contributed by atoms with Gasteiger partial charge in [0.1, 0.15) is 5.60 Å². The number of ether oxygens (including phenoxy) is 2. The highest BCUT2D eigenvalue weighted by molar-refractivity contribution is 6.02. The van der Waals surface area contributed by atoms with Crippen molar-refractivity contribution in [2.75, 3.05) is 0 Å². The minimum absolute atomic E-state index is 0.0891. The number of carbonyl (C=O) groups is 3. The first-order valence-corrected chi connectivity index (χ1v) is 11.2. The molecule has 0 fully saturated rings. The van der Waals surface area contributed by atoms with Crippen molar-refractivity contribution in [3.8, 4) is 33.8 Å². The van der Waals surface area contributed by atoms with Crippen LogP contribution in [0, 0.1) is 0 Å². The van der Waals surface area contributed by atoms with Crippen molar-refractivity contribution >= 4 is 17.7 Å². The Morgan fingerprint density at radius 2 is 1.06 bits per heavy atom. The molecule has 0 spiro atoms. The van der Waals surface area contributed by atoms with E-state index in [1.165, 1.54) is 27.7 Å². The number of ketones is 1. The van der Waals surface area contributed by atoms with Crippen LogP contribution in [0.1, 0.15) is 38.1 Å². The summed E-state index contributed by atoms with van der Waals surface area (Å²) in [4.78, 5) is 36.4. The number of benzene rings is 3. The number of Topliss-reactive ketones (excluding diaryl/α,β-unsaturated/α-hetero) is 1. The van der Waals surface area contributed by atoms with Crippen LogP contribution < -0.4 is 9.47 Å². The second-order valence-corrected chi connectivity index (χ2v) is 9.04. The lowest BCUT2D eigenvalue weighted by molar-refractivity contribution is -0.132. The van der Waals surface area contributed by atoms with Crippen molar-refractivity contribution in [2.45, 2.75) is 33.3 Å². The molecule has 6 heteroatoms. The van der Waals surface area contributed by atoms with Gasteiger partial charge in [0.15, 0.2) is 17.3 Å². The molecule has 1 N–H and O–H groups in total. The molecule has 0 aliphatic heterocycles. The van der Waals surface area contributed by atoms with Gasteiger partial charge in [-0.3, -0.25) is 4.79 Å². The summed E-state index contributed by atoms with van der Waals surface area (Å²) < 4.78 is 10.7. The zero-order valence-corrected chi connectivity index (χ0v) is 20.8. The molecular formula is C30H28O6. The normalized spacial score (nSPS) is 10.9. The zero-order valence-electron chi connectivity index (χ0n) is 20.8. The van der Waals surface area contributed by atoms with E-state index in [1.807, 2.05) is 36.4 Å². The average Bonchev–Trinajstić information content (AvgIpc) is 2.84. The van der Waals surface area contributed by atoms with Gasteiger partial charge in [-0.25, -0.2) is 9.59 Å². The molecule has 6 nitrogen and oxygen atoms in total. The van der Waals surface area contributed by atoms with Crippen LogP contribution in [0.4, 0.5) is 0 Å². The molecule has 0 aliphatic carbocycles. The first-order chi connectivity index (χ1) is 16.9. The van der Waals surface area contributed by atoms with Gasteiger partial charge in [0.2, 0.25) is 0 Å². The minimum Gasteiger partial charge on any atom is -0.419 e. The van der Waals surface area contributed by atoms with E-state index in [4.69, 9.17) is 9.47 Å². The lowest BCUT2D eigenvalue weighted by Crippen LogP contribution is -2.30. The molecule has 0 amide bonds. The highest BCUT2D eigenvalue weighted by atomic mass is 16.6. The van der Waals surface area contributed by atoms with Crippen molar-refractivity contribution < 1.29 is 29.0 Å². The third-order valence-corrected chi connectivity index (χ3v) is 5.30. The third kappa shape index (κ3) is 6.23. The average molecular weight is 485 g/mol. The molecule has 3 aromatic rings. The van der Waals surface area contributed by atoms with Gasteiger partial charge in [-0.1, -0.05) is 67.8 Å². The van der Waals surface area contributed by atoms with E-state index < -0.39 is 17.5 Å². The SMILES string of the molecule is C=C(C)C(=O)Oc1ccc(-c2ccc(-c3ccc(C(=O)C(C)(C)O)cc3)cc2)cc1OC(=O)C(=C)C. The Morgan fingerprint density at radius 1 is 0.667 bits per heavy atom. The van der Waals surface area contributed by atoms with Gasteiger partial charge in [0.25, 0.3) is 0 Å². The number of rotatable bonds is 8. The molecular weight excluding hydrogens is 456 g/mol. The van der Waals surface area contributed by atoms with E-state index in [1.54, 1.807) is 30.3 Å². The summed E-state index contributed by atoms with van der Waals surface area (Å²) in [6, 6.07) is 19.6. The molecule has 0 heterocycles. The van der Waals surface area contributed by atoms with Gasteiger partial charge >= 0.3 is 11.9 Å². The van der Waals surface area contributed by atoms with Crippen molar-refractivity contribution in [1.82, 2.24) is 0 Å². The maximum Gasteiger partial charge on any atom is 0.338 e. The molecule has 3 rings (SSSR count). The Bertz CT molecular complexity index is 1340. The molecule has 0 atom stereocenters. The summed E-state index contributed by atoms with van der Waals surface area (Å²) in [5.41, 5.74) is 2.85. The Balaban J connectivity index is 1.89. The fourth-order valence-electron chi connectivity index (χ4n) is 3.25. The highest BCUT2D eigenvalue weighted by Gasteiger charge is 2.25. The molecule has 0 saturated carbocycles. The molecule has 184 valence electrons. The lowest BCUT2D eigenvalue weighted by Gasteiger charge is -2.15. The fraction of sp³-hybridized carbons (Fsp3) is 0.167. The zero-order chi connectivity index (χ0) is 26.6. The van der Waals surface area contributed by atoms with Crippen LogP contribution in [-0.4, -0.2) is 28.4 Å². The maximum atomic E-state index is 12.2. The molecule has 0 saturated heterocycles. The Hall–Kier alpha value is -4.29. The van der Waals surface area contributed by atoms with Crippen LogP contribution in [0.15, 0.2) is 91.0 Å². The molecule has 3 aromatic carbocycles. The molecule has 0 aliphatic rings. The molecule has 0 radical (unpaired) electrons. The van der Waals surface area contributed by atoms with Crippen molar-refractivity contribution in [3.05, 3.63) is 96.6 Å². The van der Waals surface area contributed by atoms with E-state index in [0.29, 0.717) is 5.56 Å². The number of esters is 2. The highest BCUT2D eigenvalue weighted by Crippen LogP contribution is 2.34. The van der Waals surface area contributed by atoms with Gasteiger partial charge in [0, 0.05) is 16.7 Å². The van der Waals surface area contributed by atoms with Crippen molar-refractivity contribution in [1.29, 1.82) is 0 Å². The van der Waals surface area contributed by atoms with Gasteiger partial charge in [0.05, 0.1) is 0 Å². The second kappa shape index (κ2) is 10.5. The molecule has 0 bridgehead atoms. The topological polar surface area (TPSA) is 89.9 Å². The third-order valence-electron chi connectivity index (χ3n) is 5.30. The van der Waals surface area contributed by atoms with E-state index in [0.717, 1.165) is 22.3 Å². The van der Waals surface area contributed by atoms with E-state index in [9.17, 15) is 19.5 Å². The first-order valence-electron chi connectivity index (χ1n) is 11.2. The van der Waals surface area contributed by atoms with Crippen LogP contribution in [-0.2, 0) is 9.59 Å². The largest absolute Gasteiger partial charge is 0.419 e. The summed E-state index contributed by atoms with van der Waals surface area (Å²) in [5.74, 6) is -1.42. The summed E-state index contributed by atoms with van der Waals surface area (Å²) in [7, 11) is 0. The van der Waals surface area contributed by atoms with Gasteiger partial charge < -0.3 is 14.6 Å². The smallest absolute Gasteiger partial charge is 0.338 e. The standard InChI is InChI=1S/C30H28O6/c1-18(2)28(32)35-25-16-15-24(17-26(25)36-29(33)19(3)4)22-9-7-20(8-10-22)21-11-13-23(14-12-21)27(31)30(5,6)34/h7-17,34H,1,3H2,2,4-6H3. The fourth-order valence-corrected chi connectivity index (χ4v) is 3.25. The Labute approximate surface area is 210 Å². The van der Waals surface area contributed by atoms with E-state index >= 15 is 0 Å². The Morgan fingerprint density at radius 3 is 1.50 bits per heavy atom. The van der Waals surface area contributed by atoms with Crippen LogP contribution >= 0.6 is 0 Å². The first kappa shape index (κ1) is 26.3. The van der Waals surface area contributed by atoms with E-state index in [2.05, 4.69) is 13.2 Å². The Kier molecular flexibility index (Phi) is 7.71. The summed E-state index contributed by atoms with van der Waals surface area (Å²) in [6.07, 6.45) is 0. The molecule has 0 aromatic heterocycles. The van der Waals surface area contributed by atoms with Gasteiger partial charge in [-0.05, 0) is 62.1 Å². The summed E-state index contributed by atoms with van der Waals surface area (Å²) in [5, 5.41) is 9.93. The number of carbonyl (C=O) groups excluding carboxylic acids is 3. The summed E-state index contributed by atoms with van der Waals surface area (Å²) in [6.45, 7) is 13.1. The summed E-state index contributed by atoms with van der Waals surface area (Å²) >= 11 is 0. The van der Waals surface area contributed by atoms with Gasteiger partial charge in [-0.15, -0.1) is 0 Å². The maximum absolute atomic E-state index is 12.2. The number of hydrogen-bond acceptors (Lipinski definition) is 6. The van der Waals surface area contributed by atoms with Crippen LogP contribution in [0.3, 0.4) is 0 Å². The molecule has 36 heavy (non-hydrogen) atoms. The number of hydrogen-bond donors (Lipinski definition) is 1. The molecule has 0 unspecified atom stereocenters. The minimum atomic E-state index is -1.43.